The predicted octanol–water partition coefficient (Wildman–Crippen LogP) is 4.63. The minimum atomic E-state index is -0.612. The third-order valence-corrected chi connectivity index (χ3v) is 5.22. The summed E-state index contributed by atoms with van der Waals surface area (Å²) in [5, 5.41) is 0.145. The monoisotopic (exact) mass is 430 g/mol. The molecule has 7 heteroatoms. The second-order valence-corrected chi connectivity index (χ2v) is 7.34. The fraction of sp³-hybridized carbons (Fsp3) is 0.304. The van der Waals surface area contributed by atoms with Gasteiger partial charge in [-0.2, -0.15) is 0 Å². The van der Waals surface area contributed by atoms with Crippen molar-refractivity contribution in [3.8, 4) is 17.2 Å². The number of hydrogen-bond donors (Lipinski definition) is 0. The van der Waals surface area contributed by atoms with Crippen LogP contribution in [0.4, 0.5) is 0 Å². The molecular formula is C23H23ClO6. The number of halogens is 1. The molecule has 1 aliphatic rings. The quantitative estimate of drug-likeness (QED) is 0.569. The van der Waals surface area contributed by atoms with Crippen molar-refractivity contribution in [1.82, 2.24) is 0 Å². The molecule has 1 aliphatic carbocycles. The van der Waals surface area contributed by atoms with Crippen LogP contribution in [0.25, 0.3) is 0 Å². The molecule has 0 bridgehead atoms. The molecule has 0 radical (unpaired) electrons. The molecule has 0 amide bonds. The molecule has 0 spiro atoms. The minimum absolute atomic E-state index is 0.0460. The molecule has 158 valence electrons. The van der Waals surface area contributed by atoms with Gasteiger partial charge in [-0.05, 0) is 5.56 Å². The first kappa shape index (κ1) is 21.7. The number of rotatable bonds is 8. The highest BCUT2D eigenvalue weighted by molar-refractivity contribution is 6.34. The van der Waals surface area contributed by atoms with Crippen LogP contribution < -0.4 is 14.2 Å². The lowest BCUT2D eigenvalue weighted by Crippen LogP contribution is -2.34. The van der Waals surface area contributed by atoms with Crippen molar-refractivity contribution in [3.63, 3.8) is 0 Å². The third-order valence-electron chi connectivity index (χ3n) is 4.86. The Bertz CT molecular complexity index is 954. The van der Waals surface area contributed by atoms with Crippen molar-refractivity contribution in [3.05, 3.63) is 64.4 Å². The zero-order valence-electron chi connectivity index (χ0n) is 17.0. The van der Waals surface area contributed by atoms with Gasteiger partial charge < -0.3 is 18.9 Å². The van der Waals surface area contributed by atoms with Crippen LogP contribution in [-0.4, -0.2) is 32.4 Å². The maximum Gasteiger partial charge on any atom is 0.159 e. The smallest absolute Gasteiger partial charge is 0.159 e. The Labute approximate surface area is 180 Å². The molecule has 0 aliphatic heterocycles. The van der Waals surface area contributed by atoms with Gasteiger partial charge in [-0.3, -0.25) is 9.59 Å². The van der Waals surface area contributed by atoms with Gasteiger partial charge in [0.25, 0.3) is 0 Å². The Morgan fingerprint density at radius 3 is 2.47 bits per heavy atom. The van der Waals surface area contributed by atoms with E-state index in [1.54, 1.807) is 0 Å². The summed E-state index contributed by atoms with van der Waals surface area (Å²) >= 11 is 6.45. The molecule has 2 aromatic rings. The van der Waals surface area contributed by atoms with E-state index in [2.05, 4.69) is 0 Å². The average molecular weight is 431 g/mol. The number of benzene rings is 2. The van der Waals surface area contributed by atoms with E-state index >= 15 is 0 Å². The number of aldehydes is 1. The number of ether oxygens (including phenoxy) is 4. The third kappa shape index (κ3) is 4.60. The lowest BCUT2D eigenvalue weighted by molar-refractivity contribution is -0.117. The van der Waals surface area contributed by atoms with Crippen LogP contribution in [0.1, 0.15) is 29.3 Å². The predicted molar refractivity (Wildman–Crippen MR) is 112 cm³/mol. The summed E-state index contributed by atoms with van der Waals surface area (Å²) < 4.78 is 22.7. The Kier molecular flexibility index (Phi) is 7.00. The summed E-state index contributed by atoms with van der Waals surface area (Å²) in [4.78, 5) is 23.9. The molecule has 2 aromatic carbocycles. The number of allylic oxidation sites excluding steroid dienone is 1. The zero-order chi connectivity index (χ0) is 21.7. The van der Waals surface area contributed by atoms with Crippen LogP contribution in [0.3, 0.4) is 0 Å². The number of carbonyl (C=O) groups excluding carboxylic acids is 2. The first-order chi connectivity index (χ1) is 14.5. The Balaban J connectivity index is 1.95. The van der Waals surface area contributed by atoms with Crippen molar-refractivity contribution in [2.75, 3.05) is 14.2 Å². The molecule has 0 unspecified atom stereocenters. The number of hydrogen-bond acceptors (Lipinski definition) is 6. The Hall–Kier alpha value is -2.99. The van der Waals surface area contributed by atoms with Crippen LogP contribution in [0.15, 0.2) is 48.2 Å². The summed E-state index contributed by atoms with van der Waals surface area (Å²) in [7, 11) is 2.90. The SMILES string of the molecule is COc1cc(OC)c(C=O)c(O[C@@H]2C(OCc3ccccc3)=CC(=O)C[C@H]2C)c1Cl. The van der Waals surface area contributed by atoms with Crippen molar-refractivity contribution in [2.24, 2.45) is 5.92 Å². The maximum absolute atomic E-state index is 12.1. The van der Waals surface area contributed by atoms with Gasteiger partial charge >= 0.3 is 0 Å². The summed E-state index contributed by atoms with van der Waals surface area (Å²) in [5.41, 5.74) is 1.12. The molecule has 2 atom stereocenters. The Morgan fingerprint density at radius 1 is 1.13 bits per heavy atom. The molecule has 0 heterocycles. The largest absolute Gasteiger partial charge is 0.496 e. The van der Waals surface area contributed by atoms with Crippen molar-refractivity contribution >= 4 is 23.7 Å². The van der Waals surface area contributed by atoms with Gasteiger partial charge in [-0.1, -0.05) is 48.9 Å². The van der Waals surface area contributed by atoms with Gasteiger partial charge in [0.1, 0.15) is 34.5 Å². The van der Waals surface area contributed by atoms with Crippen LogP contribution in [0.5, 0.6) is 17.2 Å². The van der Waals surface area contributed by atoms with E-state index in [9.17, 15) is 9.59 Å². The first-order valence-electron chi connectivity index (χ1n) is 9.45. The van der Waals surface area contributed by atoms with Gasteiger partial charge in [-0.15, -0.1) is 0 Å². The highest BCUT2D eigenvalue weighted by Crippen LogP contribution is 2.44. The van der Waals surface area contributed by atoms with Gasteiger partial charge in [0.05, 0.1) is 14.2 Å². The minimum Gasteiger partial charge on any atom is -0.496 e. The zero-order valence-corrected chi connectivity index (χ0v) is 17.8. The summed E-state index contributed by atoms with van der Waals surface area (Å²) in [6.45, 7) is 2.16. The van der Waals surface area contributed by atoms with Crippen LogP contribution >= 0.6 is 11.6 Å². The fourth-order valence-electron chi connectivity index (χ4n) is 3.32. The molecule has 3 rings (SSSR count). The van der Waals surface area contributed by atoms with E-state index < -0.39 is 6.10 Å². The van der Waals surface area contributed by atoms with E-state index in [4.69, 9.17) is 30.5 Å². The fourth-order valence-corrected chi connectivity index (χ4v) is 3.59. The van der Waals surface area contributed by atoms with Crippen molar-refractivity contribution in [1.29, 1.82) is 0 Å². The summed E-state index contributed by atoms with van der Waals surface area (Å²) in [6, 6.07) is 11.1. The number of carbonyl (C=O) groups is 2. The molecule has 0 aromatic heterocycles. The summed E-state index contributed by atoms with van der Waals surface area (Å²) in [6.07, 6.45) is 1.74. The average Bonchev–Trinajstić information content (AvgIpc) is 2.75. The lowest BCUT2D eigenvalue weighted by Gasteiger charge is -2.31. The van der Waals surface area contributed by atoms with E-state index in [1.807, 2.05) is 37.3 Å². The van der Waals surface area contributed by atoms with E-state index in [0.29, 0.717) is 17.8 Å². The van der Waals surface area contributed by atoms with Gasteiger partial charge in [0, 0.05) is 24.5 Å². The van der Waals surface area contributed by atoms with Crippen molar-refractivity contribution < 1.29 is 28.5 Å². The van der Waals surface area contributed by atoms with Crippen LogP contribution in [-0.2, 0) is 16.1 Å². The van der Waals surface area contributed by atoms with Crippen LogP contribution in [0.2, 0.25) is 5.02 Å². The standard InChI is InChI=1S/C23H23ClO6/c1-14-9-16(26)10-20(29-13-15-7-5-4-6-8-15)22(14)30-23-17(12-25)18(27-2)11-19(28-3)21(23)24/h4-8,10-12,14,22H,9,13H2,1-3H3/t14-,22+/m1/s1. The molecule has 0 saturated carbocycles. The second kappa shape index (κ2) is 9.67. The van der Waals surface area contributed by atoms with Gasteiger partial charge in [0.15, 0.2) is 23.9 Å². The highest BCUT2D eigenvalue weighted by atomic mass is 35.5. The molecule has 0 N–H and O–H groups in total. The number of ketones is 1. The number of methoxy groups -OCH3 is 2. The molecule has 6 nitrogen and oxygen atoms in total. The molecule has 0 saturated heterocycles. The maximum atomic E-state index is 12.1. The lowest BCUT2D eigenvalue weighted by atomic mass is 9.91. The molecular weight excluding hydrogens is 408 g/mol. The van der Waals surface area contributed by atoms with Crippen LogP contribution in [0, 0.1) is 5.92 Å². The van der Waals surface area contributed by atoms with Crippen molar-refractivity contribution in [2.45, 2.75) is 26.1 Å². The topological polar surface area (TPSA) is 71.1 Å². The highest BCUT2D eigenvalue weighted by Gasteiger charge is 2.34. The van der Waals surface area contributed by atoms with E-state index in [-0.39, 0.29) is 46.8 Å². The second-order valence-electron chi connectivity index (χ2n) is 6.96. The van der Waals surface area contributed by atoms with Gasteiger partial charge in [-0.25, -0.2) is 0 Å². The summed E-state index contributed by atoms with van der Waals surface area (Å²) in [5.74, 6) is 0.859. The Morgan fingerprint density at radius 2 is 1.83 bits per heavy atom. The van der Waals surface area contributed by atoms with E-state index in [0.717, 1.165) is 5.56 Å². The normalized spacial score (nSPS) is 18.4. The molecule has 30 heavy (non-hydrogen) atoms. The molecule has 0 fully saturated rings. The van der Waals surface area contributed by atoms with E-state index in [1.165, 1.54) is 26.4 Å². The first-order valence-corrected chi connectivity index (χ1v) is 9.83. The van der Waals surface area contributed by atoms with Gasteiger partial charge in [0.2, 0.25) is 0 Å².